The number of carbonyl (C=O) groups is 1. The highest BCUT2D eigenvalue weighted by Crippen LogP contribution is 2.20. The van der Waals surface area contributed by atoms with Gasteiger partial charge in [0, 0.05) is 19.1 Å². The van der Waals surface area contributed by atoms with Crippen LogP contribution in [0.5, 0.6) is 0 Å². The molecule has 0 saturated heterocycles. The van der Waals surface area contributed by atoms with Crippen LogP contribution in [0.3, 0.4) is 0 Å². The van der Waals surface area contributed by atoms with E-state index in [1.807, 2.05) is 20.0 Å². The fourth-order valence-corrected chi connectivity index (χ4v) is 2.49. The molecule has 1 rings (SSSR count). The second-order valence-electron chi connectivity index (χ2n) is 4.91. The van der Waals surface area contributed by atoms with Crippen LogP contribution in [0.25, 0.3) is 0 Å². The summed E-state index contributed by atoms with van der Waals surface area (Å²) in [5.41, 5.74) is 0.973. The number of likely N-dealkylation sites (N-methyl/N-ethyl adjacent to an activating group) is 1. The highest BCUT2D eigenvalue weighted by molar-refractivity contribution is 7.14. The van der Waals surface area contributed by atoms with Crippen molar-refractivity contribution in [2.75, 3.05) is 26.7 Å². The zero-order valence-corrected chi connectivity index (χ0v) is 13.3. The van der Waals surface area contributed by atoms with Gasteiger partial charge in [-0.05, 0) is 39.4 Å². The summed E-state index contributed by atoms with van der Waals surface area (Å²) in [5.74, 6) is 5.40. The topological polar surface area (TPSA) is 52.6 Å². The summed E-state index contributed by atoms with van der Waals surface area (Å²) < 4.78 is 0. The molecule has 0 atom stereocenters. The Morgan fingerprint density at radius 1 is 1.55 bits per heavy atom. The molecule has 0 aromatic carbocycles. The molecule has 1 heterocycles. The molecule has 2 N–H and O–H groups in total. The third-order valence-corrected chi connectivity index (χ3v) is 4.21. The van der Waals surface area contributed by atoms with Gasteiger partial charge in [-0.3, -0.25) is 4.79 Å². The second kappa shape index (κ2) is 8.05. The zero-order chi connectivity index (χ0) is 15.1. The van der Waals surface area contributed by atoms with Gasteiger partial charge in [0.25, 0.3) is 5.91 Å². The van der Waals surface area contributed by atoms with E-state index >= 15 is 0 Å². The molecule has 110 valence electrons. The lowest BCUT2D eigenvalue weighted by molar-refractivity contribution is 0.0952. The van der Waals surface area contributed by atoms with E-state index in [1.165, 1.54) is 11.3 Å². The molecule has 0 aliphatic carbocycles. The summed E-state index contributed by atoms with van der Waals surface area (Å²) in [6.45, 7) is 7.45. The number of hydrogen-bond acceptors (Lipinski definition) is 4. The Hall–Kier alpha value is -1.35. The van der Waals surface area contributed by atoms with Gasteiger partial charge in [0.15, 0.2) is 0 Å². The average Bonchev–Trinajstić information content (AvgIpc) is 2.77. The van der Waals surface area contributed by atoms with Gasteiger partial charge in [0.2, 0.25) is 0 Å². The van der Waals surface area contributed by atoms with Crippen LogP contribution in [0.2, 0.25) is 0 Å². The van der Waals surface area contributed by atoms with Crippen LogP contribution < -0.4 is 5.32 Å². The van der Waals surface area contributed by atoms with Crippen molar-refractivity contribution in [3.63, 3.8) is 0 Å². The molecule has 1 aromatic rings. The van der Waals surface area contributed by atoms with Crippen LogP contribution in [-0.4, -0.2) is 48.7 Å². The number of thiophene rings is 1. The number of hydrogen-bond donors (Lipinski definition) is 2. The van der Waals surface area contributed by atoms with Crippen LogP contribution in [0, 0.1) is 18.8 Å². The van der Waals surface area contributed by atoms with Crippen molar-refractivity contribution < 1.29 is 9.90 Å². The quantitative estimate of drug-likeness (QED) is 0.809. The molecule has 4 nitrogen and oxygen atoms in total. The number of aliphatic hydroxyl groups is 1. The third-order valence-electron chi connectivity index (χ3n) is 3.05. The fraction of sp³-hybridized carbons (Fsp3) is 0.533. The van der Waals surface area contributed by atoms with Crippen LogP contribution in [0.1, 0.15) is 34.0 Å². The molecular weight excluding hydrogens is 272 g/mol. The Morgan fingerprint density at radius 3 is 2.85 bits per heavy atom. The van der Waals surface area contributed by atoms with Gasteiger partial charge >= 0.3 is 0 Å². The summed E-state index contributed by atoms with van der Waals surface area (Å²) in [7, 11) is 2.04. The first-order valence-corrected chi connectivity index (χ1v) is 7.46. The van der Waals surface area contributed by atoms with Gasteiger partial charge < -0.3 is 15.3 Å². The van der Waals surface area contributed by atoms with Crippen molar-refractivity contribution in [1.82, 2.24) is 10.2 Å². The Kier molecular flexibility index (Phi) is 6.73. The average molecular weight is 294 g/mol. The van der Waals surface area contributed by atoms with E-state index in [2.05, 4.69) is 35.9 Å². The monoisotopic (exact) mass is 294 g/mol. The molecule has 0 saturated carbocycles. The number of amides is 1. The van der Waals surface area contributed by atoms with Gasteiger partial charge in [-0.1, -0.05) is 11.8 Å². The number of rotatable bonds is 5. The fourth-order valence-electron chi connectivity index (χ4n) is 1.53. The van der Waals surface area contributed by atoms with Crippen molar-refractivity contribution in [2.24, 2.45) is 0 Å². The number of aliphatic hydroxyl groups excluding tert-OH is 1. The number of nitrogens with one attached hydrogen (secondary N) is 1. The number of carbonyl (C=O) groups excluding carboxylic acids is 1. The van der Waals surface area contributed by atoms with E-state index in [4.69, 9.17) is 5.11 Å². The Bertz CT molecular complexity index is 512. The zero-order valence-electron chi connectivity index (χ0n) is 12.5. The molecule has 0 spiro atoms. The van der Waals surface area contributed by atoms with Gasteiger partial charge in [0.1, 0.15) is 6.61 Å². The summed E-state index contributed by atoms with van der Waals surface area (Å²) in [6.07, 6.45) is 0. The maximum Gasteiger partial charge on any atom is 0.261 e. The van der Waals surface area contributed by atoms with Gasteiger partial charge in [0.05, 0.1) is 9.75 Å². The van der Waals surface area contributed by atoms with Crippen LogP contribution in [0.4, 0.5) is 0 Å². The molecule has 0 radical (unpaired) electrons. The SMILES string of the molecule is Cc1cc(C(=O)NCCN(C)C(C)C)sc1C#CCO. The highest BCUT2D eigenvalue weighted by Gasteiger charge is 2.11. The summed E-state index contributed by atoms with van der Waals surface area (Å²) >= 11 is 1.36. The predicted molar refractivity (Wildman–Crippen MR) is 83.1 cm³/mol. The Morgan fingerprint density at radius 2 is 2.25 bits per heavy atom. The molecule has 20 heavy (non-hydrogen) atoms. The molecule has 1 amide bonds. The van der Waals surface area contributed by atoms with Gasteiger partial charge in [-0.25, -0.2) is 0 Å². The molecule has 5 heteroatoms. The molecule has 0 unspecified atom stereocenters. The second-order valence-corrected chi connectivity index (χ2v) is 5.97. The minimum absolute atomic E-state index is 0.0627. The summed E-state index contributed by atoms with van der Waals surface area (Å²) in [6, 6.07) is 2.31. The normalized spacial score (nSPS) is 10.6. The summed E-state index contributed by atoms with van der Waals surface area (Å²) in [5, 5.41) is 11.6. The lowest BCUT2D eigenvalue weighted by Gasteiger charge is -2.20. The lowest BCUT2D eigenvalue weighted by Crippen LogP contribution is -2.35. The van der Waals surface area contributed by atoms with Gasteiger partial charge in [-0.15, -0.1) is 11.3 Å². The van der Waals surface area contributed by atoms with Crippen molar-refractivity contribution in [3.05, 3.63) is 21.4 Å². The van der Waals surface area contributed by atoms with E-state index in [0.29, 0.717) is 17.5 Å². The maximum atomic E-state index is 12.0. The first-order valence-electron chi connectivity index (χ1n) is 6.64. The van der Waals surface area contributed by atoms with E-state index in [0.717, 1.165) is 17.0 Å². The molecule has 0 aliphatic rings. The molecule has 1 aromatic heterocycles. The molecular formula is C15H22N2O2S. The van der Waals surface area contributed by atoms with E-state index in [9.17, 15) is 4.79 Å². The highest BCUT2D eigenvalue weighted by atomic mass is 32.1. The van der Waals surface area contributed by atoms with Crippen molar-refractivity contribution in [1.29, 1.82) is 0 Å². The van der Waals surface area contributed by atoms with E-state index in [1.54, 1.807) is 0 Å². The van der Waals surface area contributed by atoms with Crippen molar-refractivity contribution in [2.45, 2.75) is 26.8 Å². The van der Waals surface area contributed by atoms with Gasteiger partial charge in [-0.2, -0.15) is 0 Å². The predicted octanol–water partition coefficient (Wildman–Crippen LogP) is 1.47. The van der Waals surface area contributed by atoms with E-state index < -0.39 is 0 Å². The standard InChI is InChI=1S/C15H22N2O2S/c1-11(2)17(4)8-7-16-15(19)14-10-12(3)13(20-14)6-5-9-18/h10-11,18H,7-9H2,1-4H3,(H,16,19). The van der Waals surface area contributed by atoms with Crippen LogP contribution in [-0.2, 0) is 0 Å². The molecule has 0 aliphatic heterocycles. The summed E-state index contributed by atoms with van der Waals surface area (Å²) in [4.78, 5) is 15.7. The molecule has 0 bridgehead atoms. The number of nitrogens with zero attached hydrogens (tertiary/aromatic N) is 1. The Balaban J connectivity index is 2.56. The number of aryl methyl sites for hydroxylation is 1. The van der Waals surface area contributed by atoms with Crippen molar-refractivity contribution in [3.8, 4) is 11.8 Å². The third kappa shape index (κ3) is 4.97. The maximum absolute atomic E-state index is 12.0. The van der Waals surface area contributed by atoms with Crippen molar-refractivity contribution >= 4 is 17.2 Å². The first kappa shape index (κ1) is 16.7. The minimum atomic E-state index is -0.166. The Labute approximate surface area is 124 Å². The van der Waals surface area contributed by atoms with Crippen LogP contribution in [0.15, 0.2) is 6.07 Å². The smallest absolute Gasteiger partial charge is 0.261 e. The molecule has 0 fully saturated rings. The lowest BCUT2D eigenvalue weighted by atomic mass is 10.2. The van der Waals surface area contributed by atoms with Crippen LogP contribution >= 0.6 is 11.3 Å². The van der Waals surface area contributed by atoms with E-state index in [-0.39, 0.29) is 12.5 Å². The largest absolute Gasteiger partial charge is 0.384 e. The first-order chi connectivity index (χ1) is 9.45. The minimum Gasteiger partial charge on any atom is -0.384 e.